The number of piperidine rings is 2. The van der Waals surface area contributed by atoms with Crippen LogP contribution >= 0.6 is 0 Å². The Morgan fingerprint density at radius 1 is 1.21 bits per heavy atom. The van der Waals surface area contributed by atoms with Crippen molar-refractivity contribution < 1.29 is 9.59 Å². The van der Waals surface area contributed by atoms with Gasteiger partial charge in [0.1, 0.15) is 0 Å². The summed E-state index contributed by atoms with van der Waals surface area (Å²) in [6, 6.07) is 0.479. The van der Waals surface area contributed by atoms with Gasteiger partial charge in [-0.25, -0.2) is 9.78 Å². The molecular formula is C21H33N5O2. The van der Waals surface area contributed by atoms with Crippen LogP contribution < -0.4 is 5.32 Å². The van der Waals surface area contributed by atoms with Crippen molar-refractivity contribution in [3.8, 4) is 0 Å². The molecule has 1 saturated carbocycles. The van der Waals surface area contributed by atoms with Crippen LogP contribution in [0.2, 0.25) is 0 Å². The van der Waals surface area contributed by atoms with Gasteiger partial charge in [0, 0.05) is 57.0 Å². The third kappa shape index (κ3) is 4.50. The second-order valence-corrected chi connectivity index (χ2v) is 8.91. The Hall–Kier alpha value is -2.05. The number of amides is 3. The summed E-state index contributed by atoms with van der Waals surface area (Å²) < 4.78 is 0. The molecule has 1 spiro atoms. The first-order valence-corrected chi connectivity index (χ1v) is 10.9. The molecule has 0 atom stereocenters. The minimum Gasteiger partial charge on any atom is -0.348 e. The van der Waals surface area contributed by atoms with Crippen molar-refractivity contribution in [2.75, 3.05) is 26.2 Å². The van der Waals surface area contributed by atoms with E-state index in [0.29, 0.717) is 12.5 Å². The second kappa shape index (κ2) is 8.53. The van der Waals surface area contributed by atoms with Crippen molar-refractivity contribution in [1.29, 1.82) is 0 Å². The lowest BCUT2D eigenvalue weighted by Crippen LogP contribution is -2.54. The molecule has 2 saturated heterocycles. The predicted octanol–water partition coefficient (Wildman–Crippen LogP) is 2.70. The lowest BCUT2D eigenvalue weighted by atomic mass is 9.72. The Kier molecular flexibility index (Phi) is 5.87. The quantitative estimate of drug-likeness (QED) is 0.833. The van der Waals surface area contributed by atoms with E-state index in [0.717, 1.165) is 70.4 Å². The lowest BCUT2D eigenvalue weighted by molar-refractivity contribution is -0.138. The van der Waals surface area contributed by atoms with Crippen LogP contribution in [-0.4, -0.2) is 63.9 Å². The Labute approximate surface area is 167 Å². The van der Waals surface area contributed by atoms with E-state index in [1.807, 2.05) is 16.0 Å². The topological polar surface area (TPSA) is 81.3 Å². The number of aromatic nitrogens is 2. The molecule has 3 heterocycles. The summed E-state index contributed by atoms with van der Waals surface area (Å²) in [5.74, 6) is 0.266. The second-order valence-electron chi connectivity index (χ2n) is 8.91. The summed E-state index contributed by atoms with van der Waals surface area (Å²) >= 11 is 0. The first-order chi connectivity index (χ1) is 13.6. The summed E-state index contributed by atoms with van der Waals surface area (Å²) in [6.07, 6.45) is 13.9. The van der Waals surface area contributed by atoms with E-state index in [9.17, 15) is 9.59 Å². The van der Waals surface area contributed by atoms with Crippen LogP contribution in [0, 0.1) is 5.41 Å². The molecule has 1 aliphatic carbocycles. The standard InChI is InChI=1S/C21H33N5O2/c27-19-6-8-21(15-26(19)11-7-18-14-22-16-23-18)9-12-25(13-10-21)20(28)24-17-4-2-1-3-5-17/h14,16-17H,1-13,15H2,(H,22,23)(H,24,28). The van der Waals surface area contributed by atoms with Crippen molar-refractivity contribution in [2.24, 2.45) is 5.41 Å². The molecule has 3 aliphatic rings. The van der Waals surface area contributed by atoms with Crippen molar-refractivity contribution in [3.63, 3.8) is 0 Å². The highest BCUT2D eigenvalue weighted by molar-refractivity contribution is 5.77. The molecule has 2 N–H and O–H groups in total. The normalized spacial score (nSPS) is 23.2. The average molecular weight is 388 g/mol. The largest absolute Gasteiger partial charge is 0.348 e. The van der Waals surface area contributed by atoms with Crippen molar-refractivity contribution in [3.05, 3.63) is 18.2 Å². The molecule has 3 amide bonds. The highest BCUT2D eigenvalue weighted by Crippen LogP contribution is 2.40. The number of carbonyl (C=O) groups excluding carboxylic acids is 2. The monoisotopic (exact) mass is 387 g/mol. The number of urea groups is 1. The summed E-state index contributed by atoms with van der Waals surface area (Å²) in [7, 11) is 0. The van der Waals surface area contributed by atoms with Gasteiger partial charge in [0.25, 0.3) is 0 Å². The number of aromatic amines is 1. The lowest BCUT2D eigenvalue weighted by Gasteiger charge is -2.47. The zero-order valence-electron chi connectivity index (χ0n) is 16.8. The molecule has 0 bridgehead atoms. The van der Waals surface area contributed by atoms with Gasteiger partial charge in [0.05, 0.1) is 6.33 Å². The molecule has 7 heteroatoms. The number of nitrogens with one attached hydrogen (secondary N) is 2. The smallest absolute Gasteiger partial charge is 0.317 e. The minimum absolute atomic E-state index is 0.115. The van der Waals surface area contributed by atoms with Crippen LogP contribution in [0.5, 0.6) is 0 Å². The Morgan fingerprint density at radius 2 is 2.00 bits per heavy atom. The van der Waals surface area contributed by atoms with Gasteiger partial charge < -0.3 is 20.1 Å². The van der Waals surface area contributed by atoms with E-state index in [1.54, 1.807) is 6.33 Å². The Balaban J connectivity index is 1.27. The fourth-order valence-electron chi connectivity index (χ4n) is 5.09. The van der Waals surface area contributed by atoms with Gasteiger partial charge in [-0.2, -0.15) is 0 Å². The molecule has 28 heavy (non-hydrogen) atoms. The van der Waals surface area contributed by atoms with Gasteiger partial charge in [-0.3, -0.25) is 4.79 Å². The summed E-state index contributed by atoms with van der Waals surface area (Å²) in [6.45, 7) is 3.19. The van der Waals surface area contributed by atoms with E-state index in [-0.39, 0.29) is 17.4 Å². The molecule has 0 aromatic carbocycles. The number of H-pyrrole nitrogens is 1. The zero-order chi connectivity index (χ0) is 19.4. The van der Waals surface area contributed by atoms with Gasteiger partial charge in [-0.05, 0) is 37.5 Å². The first kappa shape index (κ1) is 19.3. The highest BCUT2D eigenvalue weighted by Gasteiger charge is 2.41. The van der Waals surface area contributed by atoms with Crippen molar-refractivity contribution in [1.82, 2.24) is 25.1 Å². The number of carbonyl (C=O) groups is 2. The maximum absolute atomic E-state index is 12.6. The molecule has 0 radical (unpaired) electrons. The molecule has 1 aromatic rings. The third-order valence-electron chi connectivity index (χ3n) is 7.00. The highest BCUT2D eigenvalue weighted by atomic mass is 16.2. The van der Waals surface area contributed by atoms with Crippen LogP contribution in [0.4, 0.5) is 4.79 Å². The van der Waals surface area contributed by atoms with E-state index in [1.165, 1.54) is 19.3 Å². The van der Waals surface area contributed by atoms with Crippen LogP contribution in [0.25, 0.3) is 0 Å². The molecule has 1 aromatic heterocycles. The van der Waals surface area contributed by atoms with Crippen LogP contribution in [0.3, 0.4) is 0 Å². The fourth-order valence-corrected chi connectivity index (χ4v) is 5.09. The number of hydrogen-bond acceptors (Lipinski definition) is 3. The fraction of sp³-hybridized carbons (Fsp3) is 0.762. The van der Waals surface area contributed by atoms with Gasteiger partial charge >= 0.3 is 6.03 Å². The molecule has 4 rings (SSSR count). The minimum atomic E-state index is 0.115. The summed E-state index contributed by atoms with van der Waals surface area (Å²) in [4.78, 5) is 36.2. The van der Waals surface area contributed by atoms with Gasteiger partial charge in [-0.15, -0.1) is 0 Å². The predicted molar refractivity (Wildman–Crippen MR) is 107 cm³/mol. The average Bonchev–Trinajstić information content (AvgIpc) is 3.24. The van der Waals surface area contributed by atoms with Gasteiger partial charge in [0.2, 0.25) is 5.91 Å². The molecular weight excluding hydrogens is 354 g/mol. The molecule has 7 nitrogen and oxygen atoms in total. The van der Waals surface area contributed by atoms with E-state index in [4.69, 9.17) is 0 Å². The maximum atomic E-state index is 12.6. The number of hydrogen-bond donors (Lipinski definition) is 2. The Bertz CT molecular complexity index is 660. The number of imidazole rings is 1. The first-order valence-electron chi connectivity index (χ1n) is 10.9. The molecule has 0 unspecified atom stereocenters. The van der Waals surface area contributed by atoms with Crippen LogP contribution in [0.1, 0.15) is 63.5 Å². The van der Waals surface area contributed by atoms with Crippen LogP contribution in [-0.2, 0) is 11.2 Å². The number of rotatable bonds is 4. The Morgan fingerprint density at radius 3 is 2.71 bits per heavy atom. The van der Waals surface area contributed by atoms with E-state index in [2.05, 4.69) is 15.3 Å². The maximum Gasteiger partial charge on any atom is 0.317 e. The third-order valence-corrected chi connectivity index (χ3v) is 7.00. The van der Waals surface area contributed by atoms with Crippen molar-refractivity contribution in [2.45, 2.75) is 70.3 Å². The van der Waals surface area contributed by atoms with Gasteiger partial charge in [-0.1, -0.05) is 19.3 Å². The van der Waals surface area contributed by atoms with Crippen molar-refractivity contribution >= 4 is 11.9 Å². The number of nitrogens with zero attached hydrogens (tertiary/aromatic N) is 3. The summed E-state index contributed by atoms with van der Waals surface area (Å²) in [5, 5.41) is 3.24. The van der Waals surface area contributed by atoms with E-state index < -0.39 is 0 Å². The molecule has 154 valence electrons. The SMILES string of the molecule is O=C1CCC2(CCN(C(=O)NC3CCCCC3)CC2)CN1CCc1cnc[nH]1. The molecule has 2 aliphatic heterocycles. The zero-order valence-corrected chi connectivity index (χ0v) is 16.8. The number of likely N-dealkylation sites (tertiary alicyclic amines) is 2. The van der Waals surface area contributed by atoms with Gasteiger partial charge in [0.15, 0.2) is 0 Å². The van der Waals surface area contributed by atoms with E-state index >= 15 is 0 Å². The summed E-state index contributed by atoms with van der Waals surface area (Å²) in [5.41, 5.74) is 1.25. The molecule has 3 fully saturated rings. The van der Waals surface area contributed by atoms with Crippen LogP contribution in [0.15, 0.2) is 12.5 Å².